The van der Waals surface area contributed by atoms with Crippen LogP contribution in [0.1, 0.15) is 6.92 Å². The number of carboxylic acids is 1. The molecule has 0 aromatic rings. The Morgan fingerprint density at radius 3 is 2.44 bits per heavy atom. The lowest BCUT2D eigenvalue weighted by Crippen LogP contribution is -2.19. The summed E-state index contributed by atoms with van der Waals surface area (Å²) in [6.45, 7) is 1.74. The number of allylic oxidation sites excluding steroid dienone is 1. The molecule has 0 fully saturated rings. The molecule has 9 heavy (non-hydrogen) atoms. The lowest BCUT2D eigenvalue weighted by molar-refractivity contribution is -0.145. The number of hydrogen-bond donors (Lipinski definition) is 1. The van der Waals surface area contributed by atoms with E-state index in [9.17, 15) is 4.79 Å². The summed E-state index contributed by atoms with van der Waals surface area (Å²) in [4.78, 5) is 10.1. The molecule has 3 heteroatoms. The number of hydrogen-bond acceptors (Lipinski definition) is 2. The summed E-state index contributed by atoms with van der Waals surface area (Å²) < 4.78 is 4.57. The number of carboxylic acid groups (broad SMARTS) is 1. The molecule has 0 aliphatic rings. The summed E-state index contributed by atoms with van der Waals surface area (Å²) in [6, 6.07) is 0. The van der Waals surface area contributed by atoms with Crippen molar-refractivity contribution in [1.82, 2.24) is 0 Å². The molecule has 1 atom stereocenters. The van der Waals surface area contributed by atoms with Crippen LogP contribution >= 0.6 is 0 Å². The van der Waals surface area contributed by atoms with Crippen molar-refractivity contribution in [3.8, 4) is 0 Å². The van der Waals surface area contributed by atoms with Gasteiger partial charge in [-0.15, -0.1) is 0 Å². The Morgan fingerprint density at radius 1 is 1.78 bits per heavy atom. The minimum absolute atomic E-state index is 0.796. The Kier molecular flexibility index (Phi) is 3.71. The van der Waals surface area contributed by atoms with Gasteiger partial charge in [-0.05, 0) is 13.0 Å². The van der Waals surface area contributed by atoms with Gasteiger partial charge in [0.1, 0.15) is 0 Å². The van der Waals surface area contributed by atoms with Crippen LogP contribution in [0.2, 0.25) is 0 Å². The average molecular weight is 130 g/mol. The molecule has 1 N–H and O–H groups in total. The molecule has 0 bridgehead atoms. The van der Waals surface area contributed by atoms with Gasteiger partial charge in [-0.2, -0.15) is 0 Å². The van der Waals surface area contributed by atoms with Crippen LogP contribution < -0.4 is 0 Å². The smallest absolute Gasteiger partial charge is 0.336 e. The Balaban J connectivity index is 3.83. The van der Waals surface area contributed by atoms with Crippen molar-refractivity contribution < 1.29 is 14.6 Å². The highest BCUT2D eigenvalue weighted by Crippen LogP contribution is 1.90. The van der Waals surface area contributed by atoms with E-state index in [1.54, 1.807) is 13.0 Å². The molecule has 0 aromatic heterocycles. The molecule has 0 spiro atoms. The van der Waals surface area contributed by atoms with E-state index in [0.29, 0.717) is 0 Å². The second-order valence-electron chi connectivity index (χ2n) is 1.52. The predicted molar refractivity (Wildman–Crippen MR) is 33.2 cm³/mol. The zero-order valence-electron chi connectivity index (χ0n) is 5.50. The third-order valence-corrected chi connectivity index (χ3v) is 0.865. The maximum Gasteiger partial charge on any atom is 0.336 e. The molecule has 0 saturated heterocycles. The molecule has 0 radical (unpaired) electrons. The van der Waals surface area contributed by atoms with Crippen LogP contribution in [0.25, 0.3) is 0 Å². The van der Waals surface area contributed by atoms with Gasteiger partial charge in [-0.3, -0.25) is 0 Å². The van der Waals surface area contributed by atoms with Crippen molar-refractivity contribution >= 4 is 5.97 Å². The van der Waals surface area contributed by atoms with Gasteiger partial charge in [-0.1, -0.05) is 6.08 Å². The highest BCUT2D eigenvalue weighted by atomic mass is 16.5. The average Bonchev–Trinajstić information content (AvgIpc) is 1.82. The summed E-state index contributed by atoms with van der Waals surface area (Å²) in [7, 11) is 1.36. The lowest BCUT2D eigenvalue weighted by Gasteiger charge is -2.01. The van der Waals surface area contributed by atoms with Crippen LogP contribution in [0, 0.1) is 0 Å². The number of rotatable bonds is 3. The van der Waals surface area contributed by atoms with Crippen molar-refractivity contribution in [2.24, 2.45) is 0 Å². The van der Waals surface area contributed by atoms with Crippen LogP contribution in [0.4, 0.5) is 0 Å². The van der Waals surface area contributed by atoms with E-state index in [1.165, 1.54) is 13.2 Å². The van der Waals surface area contributed by atoms with E-state index in [4.69, 9.17) is 5.11 Å². The van der Waals surface area contributed by atoms with Crippen LogP contribution in [0.15, 0.2) is 12.2 Å². The normalized spacial score (nSPS) is 14.0. The fraction of sp³-hybridized carbons (Fsp3) is 0.500. The van der Waals surface area contributed by atoms with E-state index in [-0.39, 0.29) is 0 Å². The quantitative estimate of drug-likeness (QED) is 0.571. The van der Waals surface area contributed by atoms with Crippen molar-refractivity contribution in [2.75, 3.05) is 7.11 Å². The van der Waals surface area contributed by atoms with Crippen molar-refractivity contribution in [2.45, 2.75) is 13.0 Å². The Labute approximate surface area is 53.9 Å². The van der Waals surface area contributed by atoms with Crippen LogP contribution in [-0.4, -0.2) is 24.3 Å². The van der Waals surface area contributed by atoms with Gasteiger partial charge in [0, 0.05) is 7.11 Å². The second-order valence-corrected chi connectivity index (χ2v) is 1.52. The first kappa shape index (κ1) is 8.17. The fourth-order valence-corrected chi connectivity index (χ4v) is 0.436. The minimum atomic E-state index is -0.962. The number of methoxy groups -OCH3 is 1. The van der Waals surface area contributed by atoms with Gasteiger partial charge in [0.25, 0.3) is 0 Å². The second kappa shape index (κ2) is 4.09. The Bertz CT molecular complexity index is 117. The highest BCUT2D eigenvalue weighted by Gasteiger charge is 2.09. The molecule has 0 aliphatic carbocycles. The standard InChI is InChI=1S/C6H10O3/c1-3-4-5(9-2)6(7)8/h3-5H,1-2H3,(H,7,8)/b4-3+. The van der Waals surface area contributed by atoms with E-state index in [0.717, 1.165) is 0 Å². The first-order valence-corrected chi connectivity index (χ1v) is 2.60. The zero-order valence-corrected chi connectivity index (χ0v) is 5.50. The Hall–Kier alpha value is -0.830. The largest absolute Gasteiger partial charge is 0.479 e. The van der Waals surface area contributed by atoms with Crippen molar-refractivity contribution in [3.63, 3.8) is 0 Å². The van der Waals surface area contributed by atoms with Crippen molar-refractivity contribution in [1.29, 1.82) is 0 Å². The topological polar surface area (TPSA) is 46.5 Å². The predicted octanol–water partition coefficient (Wildman–Crippen LogP) is 0.662. The zero-order chi connectivity index (χ0) is 7.28. The molecule has 3 nitrogen and oxygen atoms in total. The summed E-state index contributed by atoms with van der Waals surface area (Å²) in [5, 5.41) is 8.33. The minimum Gasteiger partial charge on any atom is -0.479 e. The fourth-order valence-electron chi connectivity index (χ4n) is 0.436. The van der Waals surface area contributed by atoms with Crippen LogP contribution in [0.3, 0.4) is 0 Å². The summed E-state index contributed by atoms with van der Waals surface area (Å²) in [5.41, 5.74) is 0. The molecule has 0 aliphatic heterocycles. The van der Waals surface area contributed by atoms with E-state index < -0.39 is 12.1 Å². The van der Waals surface area contributed by atoms with Gasteiger partial charge < -0.3 is 9.84 Å². The maximum absolute atomic E-state index is 10.1. The first-order valence-electron chi connectivity index (χ1n) is 2.60. The van der Waals surface area contributed by atoms with Gasteiger partial charge in [0.15, 0.2) is 6.10 Å². The van der Waals surface area contributed by atoms with Gasteiger partial charge in [0.2, 0.25) is 0 Å². The van der Waals surface area contributed by atoms with Gasteiger partial charge in [-0.25, -0.2) is 4.79 Å². The van der Waals surface area contributed by atoms with Crippen LogP contribution in [0.5, 0.6) is 0 Å². The third kappa shape index (κ3) is 2.87. The maximum atomic E-state index is 10.1. The molecule has 0 aromatic carbocycles. The summed E-state index contributed by atoms with van der Waals surface area (Å²) in [6.07, 6.45) is 2.32. The van der Waals surface area contributed by atoms with E-state index >= 15 is 0 Å². The Morgan fingerprint density at radius 2 is 2.33 bits per heavy atom. The SMILES string of the molecule is C/C=C/C(OC)C(=O)O. The van der Waals surface area contributed by atoms with Crippen LogP contribution in [-0.2, 0) is 9.53 Å². The van der Waals surface area contributed by atoms with E-state index in [1.807, 2.05) is 0 Å². The van der Waals surface area contributed by atoms with Gasteiger partial charge in [0.05, 0.1) is 0 Å². The van der Waals surface area contributed by atoms with Gasteiger partial charge >= 0.3 is 5.97 Å². The molecule has 52 valence electrons. The third-order valence-electron chi connectivity index (χ3n) is 0.865. The van der Waals surface area contributed by atoms with E-state index in [2.05, 4.69) is 4.74 Å². The lowest BCUT2D eigenvalue weighted by atomic mass is 10.3. The molecule has 1 unspecified atom stereocenters. The molecule has 0 rings (SSSR count). The molecular formula is C6H10O3. The summed E-state index contributed by atoms with van der Waals surface area (Å²) in [5.74, 6) is -0.962. The van der Waals surface area contributed by atoms with Crippen molar-refractivity contribution in [3.05, 3.63) is 12.2 Å². The molecule has 0 heterocycles. The molecule has 0 saturated carbocycles. The number of ether oxygens (including phenoxy) is 1. The number of aliphatic carboxylic acids is 1. The molecule has 0 amide bonds. The highest BCUT2D eigenvalue weighted by molar-refractivity contribution is 5.74. The molecular weight excluding hydrogens is 120 g/mol. The number of carbonyl (C=O) groups is 1. The first-order chi connectivity index (χ1) is 4.22. The monoisotopic (exact) mass is 130 g/mol. The summed E-state index contributed by atoms with van der Waals surface area (Å²) >= 11 is 0.